The predicted octanol–water partition coefficient (Wildman–Crippen LogP) is 3.68. The van der Waals surface area contributed by atoms with Crippen molar-refractivity contribution in [2.75, 3.05) is 25.6 Å². The molecule has 0 saturated carbocycles. The highest BCUT2D eigenvalue weighted by Gasteiger charge is 2.08. The standard InChI is InChI=1S/C19H24N2O4/c1-14(2)25-16-9-5-4-8-15(16)21-19(22)20-12-13-24-18-11-7-6-10-17(18)23-3/h4-11,14H,12-13H2,1-3H3,(H2,20,21,22). The Balaban J connectivity index is 1.80. The molecule has 6 nitrogen and oxygen atoms in total. The van der Waals surface area contributed by atoms with Crippen LogP contribution in [-0.4, -0.2) is 32.4 Å². The lowest BCUT2D eigenvalue weighted by molar-refractivity contribution is 0.240. The molecule has 0 aromatic heterocycles. The number of hydrogen-bond acceptors (Lipinski definition) is 4. The van der Waals surface area contributed by atoms with Gasteiger partial charge >= 0.3 is 6.03 Å². The molecule has 0 spiro atoms. The lowest BCUT2D eigenvalue weighted by Gasteiger charge is -2.15. The summed E-state index contributed by atoms with van der Waals surface area (Å²) < 4.78 is 16.5. The van der Waals surface area contributed by atoms with Crippen molar-refractivity contribution in [2.24, 2.45) is 0 Å². The zero-order valence-electron chi connectivity index (χ0n) is 14.7. The highest BCUT2D eigenvalue weighted by molar-refractivity contribution is 5.90. The van der Waals surface area contributed by atoms with Crippen molar-refractivity contribution in [1.29, 1.82) is 0 Å². The SMILES string of the molecule is COc1ccccc1OCCNC(=O)Nc1ccccc1OC(C)C. The van der Waals surface area contributed by atoms with Gasteiger partial charge in [-0.15, -0.1) is 0 Å². The zero-order valence-corrected chi connectivity index (χ0v) is 14.7. The van der Waals surface area contributed by atoms with E-state index < -0.39 is 0 Å². The Hall–Kier alpha value is -2.89. The quantitative estimate of drug-likeness (QED) is 0.717. The number of anilines is 1. The fraction of sp³-hybridized carbons (Fsp3) is 0.316. The molecular weight excluding hydrogens is 320 g/mol. The van der Waals surface area contributed by atoms with E-state index in [2.05, 4.69) is 10.6 Å². The van der Waals surface area contributed by atoms with E-state index in [0.29, 0.717) is 36.1 Å². The summed E-state index contributed by atoms with van der Waals surface area (Å²) in [5, 5.41) is 5.53. The van der Waals surface area contributed by atoms with Crippen molar-refractivity contribution in [2.45, 2.75) is 20.0 Å². The summed E-state index contributed by atoms with van der Waals surface area (Å²) in [5.41, 5.74) is 0.624. The number of amides is 2. The number of methoxy groups -OCH3 is 1. The molecule has 0 heterocycles. The van der Waals surface area contributed by atoms with Crippen molar-refractivity contribution in [3.63, 3.8) is 0 Å². The Labute approximate surface area is 148 Å². The van der Waals surface area contributed by atoms with Gasteiger partial charge in [-0.2, -0.15) is 0 Å². The van der Waals surface area contributed by atoms with Crippen molar-refractivity contribution >= 4 is 11.7 Å². The largest absolute Gasteiger partial charge is 0.493 e. The fourth-order valence-corrected chi connectivity index (χ4v) is 2.16. The van der Waals surface area contributed by atoms with Crippen molar-refractivity contribution in [1.82, 2.24) is 5.32 Å². The summed E-state index contributed by atoms with van der Waals surface area (Å²) in [6, 6.07) is 14.4. The van der Waals surface area contributed by atoms with Crippen LogP contribution in [0.25, 0.3) is 0 Å². The van der Waals surface area contributed by atoms with Crippen molar-refractivity contribution in [3.05, 3.63) is 48.5 Å². The minimum absolute atomic E-state index is 0.0280. The first kappa shape index (κ1) is 18.4. The van der Waals surface area contributed by atoms with Gasteiger partial charge in [-0.25, -0.2) is 4.79 Å². The molecule has 6 heteroatoms. The number of urea groups is 1. The highest BCUT2D eigenvalue weighted by Crippen LogP contribution is 2.26. The summed E-state index contributed by atoms with van der Waals surface area (Å²) in [7, 11) is 1.59. The van der Waals surface area contributed by atoms with Gasteiger partial charge in [0, 0.05) is 0 Å². The molecule has 0 bridgehead atoms. The van der Waals surface area contributed by atoms with E-state index in [1.165, 1.54) is 0 Å². The molecule has 2 amide bonds. The molecule has 25 heavy (non-hydrogen) atoms. The van der Waals surface area contributed by atoms with E-state index in [0.717, 1.165) is 0 Å². The zero-order chi connectivity index (χ0) is 18.1. The third kappa shape index (κ3) is 5.91. The highest BCUT2D eigenvalue weighted by atomic mass is 16.5. The molecule has 2 aromatic carbocycles. The third-order valence-corrected chi connectivity index (χ3v) is 3.21. The number of ether oxygens (including phenoxy) is 3. The molecule has 2 aromatic rings. The second kappa shape index (κ2) is 9.42. The molecule has 2 N–H and O–H groups in total. The molecule has 0 aliphatic carbocycles. The number of carbonyl (C=O) groups excluding carboxylic acids is 1. The van der Waals surface area contributed by atoms with Crippen molar-refractivity contribution in [3.8, 4) is 17.2 Å². The summed E-state index contributed by atoms with van der Waals surface area (Å²) in [6.07, 6.45) is 0.0280. The minimum Gasteiger partial charge on any atom is -0.493 e. The van der Waals surface area contributed by atoms with E-state index >= 15 is 0 Å². The van der Waals surface area contributed by atoms with Gasteiger partial charge in [-0.05, 0) is 38.1 Å². The van der Waals surface area contributed by atoms with E-state index in [-0.39, 0.29) is 12.1 Å². The molecule has 0 atom stereocenters. The Morgan fingerprint density at radius 2 is 1.64 bits per heavy atom. The molecule has 0 aliphatic rings. The van der Waals surface area contributed by atoms with Crippen molar-refractivity contribution < 1.29 is 19.0 Å². The molecule has 0 radical (unpaired) electrons. The van der Waals surface area contributed by atoms with Gasteiger partial charge in [0.15, 0.2) is 11.5 Å². The number of para-hydroxylation sites is 4. The van der Waals surface area contributed by atoms with Gasteiger partial charge in [-0.1, -0.05) is 24.3 Å². The van der Waals surface area contributed by atoms with Crippen LogP contribution in [0.3, 0.4) is 0 Å². The second-order valence-corrected chi connectivity index (χ2v) is 5.54. The minimum atomic E-state index is -0.316. The summed E-state index contributed by atoms with van der Waals surface area (Å²) in [5.74, 6) is 1.94. The van der Waals surface area contributed by atoms with Crippen LogP contribution in [0.5, 0.6) is 17.2 Å². The maximum Gasteiger partial charge on any atom is 0.319 e. The molecule has 134 valence electrons. The van der Waals surface area contributed by atoms with Crippen LogP contribution in [0.4, 0.5) is 10.5 Å². The summed E-state index contributed by atoms with van der Waals surface area (Å²) >= 11 is 0. The summed E-state index contributed by atoms with van der Waals surface area (Å²) in [6.45, 7) is 4.56. The number of benzene rings is 2. The Morgan fingerprint density at radius 3 is 2.32 bits per heavy atom. The average Bonchev–Trinajstić information content (AvgIpc) is 2.60. The molecule has 0 aliphatic heterocycles. The molecule has 2 rings (SSSR count). The first-order chi connectivity index (χ1) is 12.1. The van der Waals surface area contributed by atoms with Gasteiger partial charge in [0.1, 0.15) is 12.4 Å². The van der Waals surface area contributed by atoms with Gasteiger partial charge in [0.2, 0.25) is 0 Å². The maximum atomic E-state index is 12.0. The smallest absolute Gasteiger partial charge is 0.319 e. The Morgan fingerprint density at radius 1 is 1.00 bits per heavy atom. The average molecular weight is 344 g/mol. The van der Waals surface area contributed by atoms with Crippen LogP contribution in [0.1, 0.15) is 13.8 Å². The number of hydrogen-bond donors (Lipinski definition) is 2. The first-order valence-electron chi connectivity index (χ1n) is 8.16. The lowest BCUT2D eigenvalue weighted by atomic mass is 10.3. The van der Waals surface area contributed by atoms with E-state index in [1.807, 2.05) is 56.3 Å². The molecule has 0 saturated heterocycles. The lowest BCUT2D eigenvalue weighted by Crippen LogP contribution is -2.32. The predicted molar refractivity (Wildman–Crippen MR) is 97.7 cm³/mol. The van der Waals surface area contributed by atoms with E-state index in [9.17, 15) is 4.79 Å². The Kier molecular flexibility index (Phi) is 6.95. The fourth-order valence-electron chi connectivity index (χ4n) is 2.16. The van der Waals surface area contributed by atoms with Crippen LogP contribution in [0.2, 0.25) is 0 Å². The molecule has 0 fully saturated rings. The monoisotopic (exact) mass is 344 g/mol. The van der Waals surface area contributed by atoms with Crippen LogP contribution in [0.15, 0.2) is 48.5 Å². The van der Waals surface area contributed by atoms with Crippen LogP contribution < -0.4 is 24.8 Å². The van der Waals surface area contributed by atoms with E-state index in [4.69, 9.17) is 14.2 Å². The van der Waals surface area contributed by atoms with Crippen LogP contribution in [0, 0.1) is 0 Å². The van der Waals surface area contributed by atoms with Crippen LogP contribution in [-0.2, 0) is 0 Å². The van der Waals surface area contributed by atoms with Crippen LogP contribution >= 0.6 is 0 Å². The molecule has 0 unspecified atom stereocenters. The van der Waals surface area contributed by atoms with Gasteiger partial charge in [0.05, 0.1) is 25.4 Å². The van der Waals surface area contributed by atoms with Gasteiger partial charge in [-0.3, -0.25) is 0 Å². The number of carbonyl (C=O) groups is 1. The number of rotatable bonds is 8. The second-order valence-electron chi connectivity index (χ2n) is 5.54. The first-order valence-corrected chi connectivity index (χ1v) is 8.16. The van der Waals surface area contributed by atoms with Gasteiger partial charge in [0.25, 0.3) is 0 Å². The topological polar surface area (TPSA) is 68.8 Å². The normalized spacial score (nSPS) is 10.2. The van der Waals surface area contributed by atoms with E-state index in [1.54, 1.807) is 13.2 Å². The Bertz CT molecular complexity index is 689. The van der Waals surface area contributed by atoms with Gasteiger partial charge < -0.3 is 24.8 Å². The maximum absolute atomic E-state index is 12.0. The number of nitrogens with one attached hydrogen (secondary N) is 2. The summed E-state index contributed by atoms with van der Waals surface area (Å²) in [4.78, 5) is 12.0. The third-order valence-electron chi connectivity index (χ3n) is 3.21. The molecular formula is C19H24N2O4.